The first-order valence-corrected chi connectivity index (χ1v) is 10.7. The van der Waals surface area contributed by atoms with Crippen LogP contribution in [-0.2, 0) is 11.3 Å². The van der Waals surface area contributed by atoms with Gasteiger partial charge in [-0.3, -0.25) is 4.90 Å². The van der Waals surface area contributed by atoms with Crippen molar-refractivity contribution < 1.29 is 13.9 Å². The number of thiophene rings is 1. The second-order valence-electron chi connectivity index (χ2n) is 6.68. The Morgan fingerprint density at radius 3 is 2.62 bits per heavy atom. The molecule has 0 unspecified atom stereocenters. The second kappa shape index (κ2) is 8.75. The first-order valence-electron chi connectivity index (χ1n) is 9.85. The first-order chi connectivity index (χ1) is 15.4. The maximum absolute atomic E-state index is 14.0. The van der Waals surface area contributed by atoms with Crippen molar-refractivity contribution in [1.82, 2.24) is 24.7 Å². The summed E-state index contributed by atoms with van der Waals surface area (Å²) >= 11 is 1.29. The Bertz CT molecular complexity index is 1260. The smallest absolute Gasteiger partial charge is 0.414 e. The fourth-order valence-electron chi connectivity index (χ4n) is 3.31. The lowest BCUT2D eigenvalue weighted by Gasteiger charge is -2.22. The Kier molecular flexibility index (Phi) is 5.86. The van der Waals surface area contributed by atoms with E-state index in [0.717, 1.165) is 0 Å². The third kappa shape index (κ3) is 3.80. The van der Waals surface area contributed by atoms with E-state index in [9.17, 15) is 9.18 Å². The Morgan fingerprint density at radius 1 is 1.25 bits per heavy atom. The van der Waals surface area contributed by atoms with Gasteiger partial charge in [-0.2, -0.15) is 5.10 Å². The number of nitrogens with zero attached hydrogens (tertiary/aromatic N) is 6. The Morgan fingerprint density at radius 2 is 2.00 bits per heavy atom. The van der Waals surface area contributed by atoms with Gasteiger partial charge in [0.25, 0.3) is 0 Å². The van der Waals surface area contributed by atoms with E-state index in [0.29, 0.717) is 21.6 Å². The van der Waals surface area contributed by atoms with Crippen molar-refractivity contribution in [3.63, 3.8) is 0 Å². The van der Waals surface area contributed by atoms with Crippen LogP contribution in [0.15, 0.2) is 29.8 Å². The van der Waals surface area contributed by atoms with E-state index in [4.69, 9.17) is 16.2 Å². The van der Waals surface area contributed by atoms with Crippen LogP contribution in [0.5, 0.6) is 0 Å². The number of fused-ring (bicyclic) bond motifs is 1. The Balaban J connectivity index is 1.80. The van der Waals surface area contributed by atoms with Gasteiger partial charge in [0.1, 0.15) is 17.2 Å². The molecule has 0 aromatic carbocycles. The highest BCUT2D eigenvalue weighted by Gasteiger charge is 2.25. The monoisotopic (exact) mass is 456 g/mol. The third-order valence-electron chi connectivity index (χ3n) is 4.72. The highest BCUT2D eigenvalue weighted by atomic mass is 32.1. The number of aromatic nitrogens is 5. The molecule has 4 N–H and O–H groups in total. The van der Waals surface area contributed by atoms with E-state index in [1.165, 1.54) is 22.3 Å². The molecule has 4 aromatic heterocycles. The molecule has 0 aliphatic rings. The van der Waals surface area contributed by atoms with Crippen LogP contribution in [0.1, 0.15) is 18.7 Å². The molecule has 0 spiro atoms. The summed E-state index contributed by atoms with van der Waals surface area (Å²) in [6.07, 6.45) is 1.03. The minimum absolute atomic E-state index is 0.0123. The van der Waals surface area contributed by atoms with Gasteiger partial charge in [0, 0.05) is 12.7 Å². The van der Waals surface area contributed by atoms with Gasteiger partial charge in [-0.25, -0.2) is 28.8 Å². The first kappa shape index (κ1) is 21.4. The quantitative estimate of drug-likeness (QED) is 0.451. The number of hydrogen-bond acceptors (Lipinski definition) is 9. The number of amides is 1. The molecule has 12 heteroatoms. The standard InChI is InChI=1S/C20H21FN8O2S/c1-3-28(20(30)31-4-2)15-16(22)25-18(26-17(15)23)14-11-6-5-8-24-19(11)29(27-14)10-13-12(21)7-9-32-13/h5-9H,3-4,10H2,1-2H3,(H4,22,23,25,26). The lowest BCUT2D eigenvalue weighted by molar-refractivity contribution is 0.160. The Labute approximate surface area is 186 Å². The minimum Gasteiger partial charge on any atom is -0.449 e. The lowest BCUT2D eigenvalue weighted by Crippen LogP contribution is -2.33. The molecular weight excluding hydrogens is 435 g/mol. The number of rotatable bonds is 6. The van der Waals surface area contributed by atoms with E-state index in [1.54, 1.807) is 36.2 Å². The molecule has 1 amide bonds. The van der Waals surface area contributed by atoms with Crippen LogP contribution in [0.25, 0.3) is 22.6 Å². The summed E-state index contributed by atoms with van der Waals surface area (Å²) in [6, 6.07) is 4.98. The van der Waals surface area contributed by atoms with Crippen molar-refractivity contribution >= 4 is 45.8 Å². The molecule has 0 saturated carbocycles. The number of anilines is 3. The average molecular weight is 457 g/mol. The molecule has 0 atom stereocenters. The topological polar surface area (TPSA) is 138 Å². The van der Waals surface area contributed by atoms with E-state index < -0.39 is 6.09 Å². The summed E-state index contributed by atoms with van der Waals surface area (Å²) < 4.78 is 20.6. The summed E-state index contributed by atoms with van der Waals surface area (Å²) in [5.74, 6) is -0.104. The molecule has 4 aromatic rings. The van der Waals surface area contributed by atoms with Crippen molar-refractivity contribution in [2.24, 2.45) is 0 Å². The van der Waals surface area contributed by atoms with E-state index in [2.05, 4.69) is 20.1 Å². The van der Waals surface area contributed by atoms with Crippen LogP contribution in [0.3, 0.4) is 0 Å². The van der Waals surface area contributed by atoms with Crippen LogP contribution in [0, 0.1) is 5.82 Å². The molecule has 4 rings (SSSR count). The highest BCUT2D eigenvalue weighted by Crippen LogP contribution is 2.33. The number of nitrogen functional groups attached to an aromatic ring is 2. The highest BCUT2D eigenvalue weighted by molar-refractivity contribution is 7.09. The summed E-state index contributed by atoms with van der Waals surface area (Å²) in [7, 11) is 0. The van der Waals surface area contributed by atoms with Crippen molar-refractivity contribution in [3.8, 4) is 11.5 Å². The summed E-state index contributed by atoms with van der Waals surface area (Å²) in [6.45, 7) is 4.13. The molecule has 0 aliphatic carbocycles. The van der Waals surface area contributed by atoms with E-state index in [1.807, 2.05) is 6.07 Å². The fourth-order valence-corrected chi connectivity index (χ4v) is 4.04. The van der Waals surface area contributed by atoms with Crippen LogP contribution in [0.2, 0.25) is 0 Å². The van der Waals surface area contributed by atoms with Gasteiger partial charge < -0.3 is 16.2 Å². The SMILES string of the molecule is CCOC(=O)N(CC)c1c(N)nc(-c2nn(Cc3sccc3F)c3ncccc23)nc1N. The second-order valence-corrected chi connectivity index (χ2v) is 7.68. The van der Waals surface area contributed by atoms with Gasteiger partial charge >= 0.3 is 6.09 Å². The van der Waals surface area contributed by atoms with E-state index >= 15 is 0 Å². The van der Waals surface area contributed by atoms with Crippen LogP contribution in [0.4, 0.5) is 26.5 Å². The van der Waals surface area contributed by atoms with Crippen molar-refractivity contribution in [2.75, 3.05) is 29.5 Å². The molecule has 4 heterocycles. The zero-order valence-corrected chi connectivity index (χ0v) is 18.3. The molecule has 166 valence electrons. The van der Waals surface area contributed by atoms with Gasteiger partial charge in [-0.15, -0.1) is 11.3 Å². The van der Waals surface area contributed by atoms with Gasteiger partial charge in [0.15, 0.2) is 23.1 Å². The largest absolute Gasteiger partial charge is 0.449 e. The predicted molar refractivity (Wildman–Crippen MR) is 121 cm³/mol. The summed E-state index contributed by atoms with van der Waals surface area (Å²) in [5.41, 5.74) is 13.5. The molecule has 0 saturated heterocycles. The molecule has 0 aliphatic heterocycles. The number of halogens is 1. The number of pyridine rings is 1. The van der Waals surface area contributed by atoms with Crippen molar-refractivity contribution in [2.45, 2.75) is 20.4 Å². The van der Waals surface area contributed by atoms with E-state index in [-0.39, 0.29) is 48.7 Å². The Hall–Kier alpha value is -3.80. The maximum Gasteiger partial charge on any atom is 0.414 e. The minimum atomic E-state index is -0.596. The number of nitrogens with two attached hydrogens (primary N) is 2. The van der Waals surface area contributed by atoms with Gasteiger partial charge in [-0.1, -0.05) is 0 Å². The molecule has 32 heavy (non-hydrogen) atoms. The van der Waals surface area contributed by atoms with Gasteiger partial charge in [0.05, 0.1) is 23.4 Å². The van der Waals surface area contributed by atoms with Crippen LogP contribution >= 0.6 is 11.3 Å². The molecular formula is C20H21FN8O2S. The van der Waals surface area contributed by atoms with Crippen LogP contribution in [-0.4, -0.2) is 44.0 Å². The van der Waals surface area contributed by atoms with Gasteiger partial charge in [0.2, 0.25) is 0 Å². The molecule has 0 fully saturated rings. The predicted octanol–water partition coefficient (Wildman–Crippen LogP) is 3.28. The summed E-state index contributed by atoms with van der Waals surface area (Å²) in [4.78, 5) is 27.2. The maximum atomic E-state index is 14.0. The number of carbonyl (C=O) groups excluding carboxylic acids is 1. The fraction of sp³-hybridized carbons (Fsp3) is 0.250. The number of carbonyl (C=O) groups is 1. The normalized spacial score (nSPS) is 11.1. The zero-order chi connectivity index (χ0) is 22.8. The third-order valence-corrected chi connectivity index (χ3v) is 5.60. The molecule has 10 nitrogen and oxygen atoms in total. The van der Waals surface area contributed by atoms with Crippen LogP contribution < -0.4 is 16.4 Å². The molecule has 0 radical (unpaired) electrons. The average Bonchev–Trinajstić information content (AvgIpc) is 3.34. The lowest BCUT2D eigenvalue weighted by atomic mass is 10.2. The van der Waals surface area contributed by atoms with Gasteiger partial charge in [-0.05, 0) is 37.4 Å². The number of hydrogen-bond donors (Lipinski definition) is 2. The number of ether oxygens (including phenoxy) is 1. The van der Waals surface area contributed by atoms with Crippen molar-refractivity contribution in [3.05, 3.63) is 40.5 Å². The van der Waals surface area contributed by atoms with Crippen molar-refractivity contribution in [1.29, 1.82) is 0 Å². The summed E-state index contributed by atoms with van der Waals surface area (Å²) in [5, 5.41) is 6.91. The molecule has 0 bridgehead atoms. The zero-order valence-electron chi connectivity index (χ0n) is 17.4.